The summed E-state index contributed by atoms with van der Waals surface area (Å²) in [5.74, 6) is 2.00. The highest BCUT2D eigenvalue weighted by atomic mass is 19.1. The lowest BCUT2D eigenvalue weighted by molar-refractivity contribution is 0.516. The maximum absolute atomic E-state index is 15.5. The topological polar surface area (TPSA) is 43.4 Å². The van der Waals surface area contributed by atoms with Gasteiger partial charge in [0, 0.05) is 46.4 Å². The van der Waals surface area contributed by atoms with Gasteiger partial charge in [-0.05, 0) is 60.6 Å². The van der Waals surface area contributed by atoms with E-state index in [1.54, 1.807) is 0 Å². The summed E-state index contributed by atoms with van der Waals surface area (Å²) in [7, 11) is 0. The molecule has 196 valence electrons. The summed E-state index contributed by atoms with van der Waals surface area (Å²) in [4.78, 5) is 10.0. The van der Waals surface area contributed by atoms with E-state index in [0.29, 0.717) is 40.2 Å². The van der Waals surface area contributed by atoms with E-state index in [4.69, 9.17) is 4.99 Å². The van der Waals surface area contributed by atoms with Crippen molar-refractivity contribution in [2.45, 2.75) is 73.1 Å². The number of benzene rings is 2. The summed E-state index contributed by atoms with van der Waals surface area (Å²) in [5.41, 5.74) is 7.26. The van der Waals surface area contributed by atoms with Crippen LogP contribution in [-0.2, 0) is 0 Å². The van der Waals surface area contributed by atoms with Crippen LogP contribution in [0.3, 0.4) is 0 Å². The number of halogens is 1. The van der Waals surface area contributed by atoms with Gasteiger partial charge in [0.05, 0.1) is 5.69 Å². The number of nitrogens with zero attached hydrogens (tertiary/aromatic N) is 2. The molecule has 3 heterocycles. The Morgan fingerprint density at radius 3 is 2.46 bits per heavy atom. The zero-order valence-corrected chi connectivity index (χ0v) is 23.4. The summed E-state index contributed by atoms with van der Waals surface area (Å²) in [5, 5.41) is 4.38. The molecule has 0 amide bonds. The molecule has 0 saturated heterocycles. The quantitative estimate of drug-likeness (QED) is 0.366. The molecule has 1 atom stereocenters. The fraction of sp³-hybridized carbons (Fsp3) is 0.406. The fourth-order valence-electron chi connectivity index (χ4n) is 5.13. The molecule has 2 aliphatic rings. The van der Waals surface area contributed by atoms with E-state index in [-0.39, 0.29) is 5.82 Å². The fourth-order valence-corrected chi connectivity index (χ4v) is 5.13. The van der Waals surface area contributed by atoms with Crippen LogP contribution in [-0.4, -0.2) is 11.5 Å². The Hall–Kier alpha value is -3.34. The Kier molecular flexibility index (Phi) is 7.91. The molecule has 2 aliphatic heterocycles. The number of aromatic nitrogens is 1. The van der Waals surface area contributed by atoms with Gasteiger partial charge in [0.25, 0.3) is 0 Å². The normalized spacial score (nSPS) is 16.0. The average Bonchev–Trinajstić information content (AvgIpc) is 3.49. The number of nitrogens with one attached hydrogen (secondary N) is 2. The van der Waals surface area contributed by atoms with Crippen molar-refractivity contribution in [1.29, 1.82) is 0 Å². The molecule has 0 bridgehead atoms. The van der Waals surface area contributed by atoms with Gasteiger partial charge in [-0.3, -0.25) is 0 Å². The minimum atomic E-state index is -0.181. The standard InChI is InChI=1S/C30H35FN4.C2H6/c1-17(2)7-8-22-15-32-29-19(5)28(31)26(14-25(22)29)27-13-23-16-35(20(6)33-30(23)34-27)24-11-9-21(10-12-24)18(3)4;1-2/h9-14,16-18,22,32H,6-8,15H2,1-5H3,(H,33,34);1-2H3. The van der Waals surface area contributed by atoms with Crippen LogP contribution in [0.4, 0.5) is 15.8 Å². The SMILES string of the molecule is C=C1N=c2[nH]c(-c3cc4c(c(C)c3F)NCC4CCC(C)C)cc2=CN1c1ccc(C(C)C)cc1.CC. The first-order chi connectivity index (χ1) is 17.7. The number of rotatable bonds is 6. The molecule has 2 N–H and O–H groups in total. The third-order valence-corrected chi connectivity index (χ3v) is 7.33. The lowest BCUT2D eigenvalue weighted by Crippen LogP contribution is -2.33. The summed E-state index contributed by atoms with van der Waals surface area (Å²) in [6.45, 7) is 19.8. The summed E-state index contributed by atoms with van der Waals surface area (Å²) in [6.07, 6.45) is 4.30. The Labute approximate surface area is 221 Å². The summed E-state index contributed by atoms with van der Waals surface area (Å²) >= 11 is 0. The first kappa shape index (κ1) is 26.7. The van der Waals surface area contributed by atoms with Gasteiger partial charge >= 0.3 is 0 Å². The van der Waals surface area contributed by atoms with Crippen molar-refractivity contribution < 1.29 is 4.39 Å². The summed E-state index contributed by atoms with van der Waals surface area (Å²) in [6, 6.07) is 12.5. The lowest BCUT2D eigenvalue weighted by atomic mass is 9.90. The van der Waals surface area contributed by atoms with Crippen LogP contribution in [0.1, 0.15) is 82.9 Å². The first-order valence-electron chi connectivity index (χ1n) is 13.7. The second kappa shape index (κ2) is 11.0. The van der Waals surface area contributed by atoms with E-state index in [1.807, 2.05) is 44.0 Å². The number of hydrogen-bond donors (Lipinski definition) is 2. The lowest BCUT2D eigenvalue weighted by Gasteiger charge is -2.22. The minimum Gasteiger partial charge on any atom is -0.384 e. The Balaban J connectivity index is 0.00000156. The Morgan fingerprint density at radius 2 is 1.81 bits per heavy atom. The molecule has 2 aromatic carbocycles. The van der Waals surface area contributed by atoms with Crippen molar-refractivity contribution in [1.82, 2.24) is 4.98 Å². The van der Waals surface area contributed by atoms with Crippen LogP contribution in [0.2, 0.25) is 0 Å². The van der Waals surface area contributed by atoms with Crippen LogP contribution < -0.4 is 20.9 Å². The molecule has 0 spiro atoms. The number of anilines is 2. The van der Waals surface area contributed by atoms with Crippen molar-refractivity contribution in [3.8, 4) is 11.3 Å². The van der Waals surface area contributed by atoms with Crippen molar-refractivity contribution in [3.05, 3.63) is 82.0 Å². The third kappa shape index (κ3) is 5.22. The second-order valence-electron chi connectivity index (χ2n) is 10.6. The molecule has 1 unspecified atom stereocenters. The van der Waals surface area contributed by atoms with Gasteiger partial charge in [0.1, 0.15) is 17.1 Å². The molecule has 0 aliphatic carbocycles. The highest BCUT2D eigenvalue weighted by molar-refractivity contribution is 5.74. The molecule has 4 nitrogen and oxygen atoms in total. The molecule has 3 aromatic rings. The Bertz CT molecular complexity index is 1400. The van der Waals surface area contributed by atoms with Crippen LogP contribution in [0, 0.1) is 18.7 Å². The van der Waals surface area contributed by atoms with Crippen molar-refractivity contribution in [2.75, 3.05) is 16.8 Å². The van der Waals surface area contributed by atoms with Gasteiger partial charge in [-0.1, -0.05) is 66.7 Å². The van der Waals surface area contributed by atoms with E-state index < -0.39 is 0 Å². The average molecular weight is 501 g/mol. The number of aromatic amines is 1. The van der Waals surface area contributed by atoms with Crippen LogP contribution >= 0.6 is 0 Å². The molecule has 5 heteroatoms. The molecule has 0 radical (unpaired) electrons. The first-order valence-corrected chi connectivity index (χ1v) is 13.7. The number of fused-ring (bicyclic) bond motifs is 2. The van der Waals surface area contributed by atoms with Gasteiger partial charge in [0.2, 0.25) is 0 Å². The Morgan fingerprint density at radius 1 is 1.11 bits per heavy atom. The van der Waals surface area contributed by atoms with Gasteiger partial charge in [-0.25, -0.2) is 9.38 Å². The molecular weight excluding hydrogens is 459 g/mol. The molecule has 37 heavy (non-hydrogen) atoms. The van der Waals surface area contributed by atoms with Gasteiger partial charge in [-0.2, -0.15) is 0 Å². The molecule has 1 aromatic heterocycles. The largest absolute Gasteiger partial charge is 0.384 e. The van der Waals surface area contributed by atoms with E-state index >= 15 is 4.39 Å². The number of hydrogen-bond acceptors (Lipinski definition) is 3. The van der Waals surface area contributed by atoms with Crippen LogP contribution in [0.5, 0.6) is 0 Å². The van der Waals surface area contributed by atoms with E-state index in [2.05, 4.69) is 68.8 Å². The number of H-pyrrole nitrogens is 1. The van der Waals surface area contributed by atoms with Crippen molar-refractivity contribution >= 4 is 17.6 Å². The van der Waals surface area contributed by atoms with Gasteiger partial charge in [-0.15, -0.1) is 0 Å². The van der Waals surface area contributed by atoms with E-state index in [0.717, 1.165) is 41.7 Å². The zero-order chi connectivity index (χ0) is 26.9. The van der Waals surface area contributed by atoms with Crippen LogP contribution in [0.25, 0.3) is 17.5 Å². The molecule has 0 fully saturated rings. The predicted octanol–water partition coefficient (Wildman–Crippen LogP) is 7.57. The molecule has 0 saturated carbocycles. The highest BCUT2D eigenvalue weighted by Gasteiger charge is 2.27. The smallest absolute Gasteiger partial charge is 0.141 e. The van der Waals surface area contributed by atoms with E-state index in [1.165, 1.54) is 11.1 Å². The van der Waals surface area contributed by atoms with Crippen molar-refractivity contribution in [2.24, 2.45) is 10.9 Å². The third-order valence-electron chi connectivity index (χ3n) is 7.33. The predicted molar refractivity (Wildman–Crippen MR) is 155 cm³/mol. The molecular formula is C32H41FN4. The second-order valence-corrected chi connectivity index (χ2v) is 10.6. The van der Waals surface area contributed by atoms with E-state index in [9.17, 15) is 0 Å². The van der Waals surface area contributed by atoms with Gasteiger partial charge < -0.3 is 15.2 Å². The monoisotopic (exact) mass is 500 g/mol. The zero-order valence-electron chi connectivity index (χ0n) is 23.4. The van der Waals surface area contributed by atoms with Crippen LogP contribution in [0.15, 0.2) is 53.8 Å². The molecule has 5 rings (SSSR count). The summed E-state index contributed by atoms with van der Waals surface area (Å²) < 4.78 is 15.5. The maximum atomic E-state index is 15.5. The minimum absolute atomic E-state index is 0.181. The maximum Gasteiger partial charge on any atom is 0.141 e. The van der Waals surface area contributed by atoms with Gasteiger partial charge in [0.15, 0.2) is 0 Å². The van der Waals surface area contributed by atoms with Crippen molar-refractivity contribution in [3.63, 3.8) is 0 Å². The highest BCUT2D eigenvalue weighted by Crippen LogP contribution is 2.41.